The molecule has 2 unspecified atom stereocenters. The molecule has 0 bridgehead atoms. The fraction of sp³-hybridized carbons (Fsp3) is 0.380. The Labute approximate surface area is 374 Å². The first-order valence-corrected chi connectivity index (χ1v) is 21.9. The molecule has 12 nitrogen and oxygen atoms in total. The minimum atomic E-state index is -1.65. The van der Waals surface area contributed by atoms with E-state index in [1.807, 2.05) is 122 Å². The Morgan fingerprint density at radius 1 is 0.698 bits per heavy atom. The lowest BCUT2D eigenvalue weighted by molar-refractivity contribution is -0.127. The molecule has 3 atom stereocenters. The van der Waals surface area contributed by atoms with Crippen molar-refractivity contribution >= 4 is 31.1 Å². The minimum absolute atomic E-state index is 0. The van der Waals surface area contributed by atoms with Gasteiger partial charge >= 0.3 is 0 Å². The summed E-state index contributed by atoms with van der Waals surface area (Å²) in [5.41, 5.74) is 2.14. The Morgan fingerprint density at radius 2 is 1.24 bits per heavy atom. The molecule has 0 saturated carbocycles. The number of nitrogens with zero attached hydrogens (tertiary/aromatic N) is 2. The van der Waals surface area contributed by atoms with Gasteiger partial charge in [0.1, 0.15) is 22.8 Å². The summed E-state index contributed by atoms with van der Waals surface area (Å²) < 4.78 is 38.5. The summed E-state index contributed by atoms with van der Waals surface area (Å²) in [5, 5.41) is 17.2. The summed E-state index contributed by atoms with van der Waals surface area (Å²) in [6, 6.07) is 38.5. The van der Waals surface area contributed by atoms with Crippen LogP contribution in [0.5, 0.6) is 17.2 Å². The molecule has 5 aromatic rings. The number of benzene rings is 5. The van der Waals surface area contributed by atoms with Gasteiger partial charge in [-0.25, -0.2) is 4.67 Å². The van der Waals surface area contributed by atoms with Crippen LogP contribution in [0.2, 0.25) is 0 Å². The highest BCUT2D eigenvalue weighted by Gasteiger charge is 2.39. The number of amides is 2. The maximum absolute atomic E-state index is 13.9. The number of nitriles is 1. The zero-order valence-electron chi connectivity index (χ0n) is 36.9. The fourth-order valence-corrected chi connectivity index (χ4v) is 8.94. The van der Waals surface area contributed by atoms with E-state index < -0.39 is 32.0 Å². The van der Waals surface area contributed by atoms with E-state index in [4.69, 9.17) is 28.0 Å². The van der Waals surface area contributed by atoms with E-state index in [1.54, 1.807) is 21.3 Å². The summed E-state index contributed by atoms with van der Waals surface area (Å²) in [4.78, 5) is 27.4. The predicted molar refractivity (Wildman–Crippen MR) is 250 cm³/mol. The Kier molecular flexibility index (Phi) is 19.4. The van der Waals surface area contributed by atoms with Crippen LogP contribution < -0.4 is 24.8 Å². The van der Waals surface area contributed by atoms with E-state index in [2.05, 4.69) is 49.1 Å². The first kappa shape index (κ1) is 50.1. The van der Waals surface area contributed by atoms with Gasteiger partial charge in [-0.2, -0.15) is 5.26 Å². The quantitative estimate of drug-likeness (QED) is 0.0371. The summed E-state index contributed by atoms with van der Waals surface area (Å²) in [5.74, 6) is 0.885. The first-order chi connectivity index (χ1) is 29.9. The summed E-state index contributed by atoms with van der Waals surface area (Å²) in [7, 11) is 3.22. The maximum Gasteiger partial charge on any atom is 0.259 e. The van der Waals surface area contributed by atoms with E-state index >= 15 is 0 Å². The monoisotopic (exact) mass is 878 g/mol. The van der Waals surface area contributed by atoms with Crippen LogP contribution in [0.1, 0.15) is 76.6 Å². The van der Waals surface area contributed by atoms with Gasteiger partial charge in [-0.15, -0.1) is 0 Å². The number of carbonyl (C=O) groups excluding carboxylic acids is 2. The molecule has 2 amide bonds. The van der Waals surface area contributed by atoms with Gasteiger partial charge in [0.05, 0.1) is 72.1 Å². The average Bonchev–Trinajstić information content (AvgIpc) is 3.29. The third kappa shape index (κ3) is 13.0. The zero-order chi connectivity index (χ0) is 44.6. The smallest absolute Gasteiger partial charge is 0.259 e. The van der Waals surface area contributed by atoms with E-state index in [0.717, 1.165) is 38.8 Å². The van der Waals surface area contributed by atoms with Gasteiger partial charge in [-0.05, 0) is 104 Å². The molecule has 0 saturated heterocycles. The van der Waals surface area contributed by atoms with Gasteiger partial charge in [0.15, 0.2) is 0 Å². The van der Waals surface area contributed by atoms with E-state index in [1.165, 1.54) is 0 Å². The number of carbonyl (C=O) groups is 2. The van der Waals surface area contributed by atoms with Crippen LogP contribution in [-0.4, -0.2) is 82.3 Å². The molecule has 5 rings (SSSR count). The molecule has 5 aromatic carbocycles. The number of fused-ring (bicyclic) bond motifs is 1. The first-order valence-electron chi connectivity index (χ1n) is 20.8. The molecule has 0 radical (unpaired) electrons. The van der Waals surface area contributed by atoms with Crippen LogP contribution in [0.15, 0.2) is 115 Å². The number of hydrogen-bond donors (Lipinski definition) is 2. The minimum Gasteiger partial charge on any atom is -0.497 e. The van der Waals surface area contributed by atoms with Crippen molar-refractivity contribution in [3.63, 3.8) is 0 Å². The van der Waals surface area contributed by atoms with E-state index in [9.17, 15) is 14.9 Å². The largest absolute Gasteiger partial charge is 0.497 e. The van der Waals surface area contributed by atoms with Gasteiger partial charge in [-0.3, -0.25) is 9.59 Å². The molecule has 0 aliphatic rings. The molecular weight excluding hydrogens is 816 g/mol. The van der Waals surface area contributed by atoms with Gasteiger partial charge in [0, 0.05) is 12.1 Å². The van der Waals surface area contributed by atoms with Crippen LogP contribution >= 0.6 is 8.53 Å². The molecule has 63 heavy (non-hydrogen) atoms. The van der Waals surface area contributed by atoms with Crippen LogP contribution in [0.4, 0.5) is 0 Å². The Hall–Kier alpha value is -5.54. The van der Waals surface area contributed by atoms with Crippen molar-refractivity contribution in [2.75, 3.05) is 47.7 Å². The molecule has 0 heterocycles. The Morgan fingerprint density at radius 3 is 1.79 bits per heavy atom. The van der Waals surface area contributed by atoms with Crippen LogP contribution in [0.25, 0.3) is 10.8 Å². The van der Waals surface area contributed by atoms with Crippen LogP contribution in [-0.2, 0) is 29.0 Å². The summed E-state index contributed by atoms with van der Waals surface area (Å²) in [6.45, 7) is 9.95. The van der Waals surface area contributed by atoms with Gasteiger partial charge in [0.2, 0.25) is 11.8 Å². The number of rotatable bonds is 23. The highest BCUT2D eigenvalue weighted by molar-refractivity contribution is 7.44. The van der Waals surface area contributed by atoms with Crippen molar-refractivity contribution in [2.45, 2.75) is 78.1 Å². The Bertz CT molecular complexity index is 2180. The topological polar surface area (TPSA) is 141 Å². The molecule has 0 aliphatic heterocycles. The van der Waals surface area contributed by atoms with Gasteiger partial charge in [-0.1, -0.05) is 86.3 Å². The predicted octanol–water partition coefficient (Wildman–Crippen LogP) is 9.51. The maximum atomic E-state index is 13.9. The van der Waals surface area contributed by atoms with Crippen molar-refractivity contribution in [1.29, 1.82) is 5.26 Å². The second kappa shape index (κ2) is 24.3. The van der Waals surface area contributed by atoms with Crippen molar-refractivity contribution in [3.8, 4) is 23.3 Å². The number of methoxy groups -OCH3 is 3. The normalized spacial score (nSPS) is 12.9. The third-order valence-corrected chi connectivity index (χ3v) is 12.6. The summed E-state index contributed by atoms with van der Waals surface area (Å²) in [6.07, 6.45) is 0.199. The molecule has 0 spiro atoms. The third-order valence-electron chi connectivity index (χ3n) is 10.5. The van der Waals surface area contributed by atoms with Crippen molar-refractivity contribution < 1.29 is 37.6 Å². The second-order valence-electron chi connectivity index (χ2n) is 15.3. The molecule has 0 aliphatic carbocycles. The fourth-order valence-electron chi connectivity index (χ4n) is 7.29. The second-order valence-corrected chi connectivity index (χ2v) is 16.8. The highest BCUT2D eigenvalue weighted by atomic mass is 31.2. The van der Waals surface area contributed by atoms with Crippen molar-refractivity contribution in [2.24, 2.45) is 0 Å². The number of ether oxygens (including phenoxy) is 4. The van der Waals surface area contributed by atoms with E-state index in [-0.39, 0.29) is 58.2 Å². The highest BCUT2D eigenvalue weighted by Crippen LogP contribution is 2.46. The lowest BCUT2D eigenvalue weighted by Gasteiger charge is -2.38. The van der Waals surface area contributed by atoms with E-state index in [0.29, 0.717) is 11.5 Å². The molecule has 0 fully saturated rings. The molecule has 13 heteroatoms. The van der Waals surface area contributed by atoms with Gasteiger partial charge in [0.25, 0.3) is 8.53 Å². The Balaban J connectivity index is 0.00000871. The number of nitrogens with one attached hydrogen (secondary N) is 2. The lowest BCUT2D eigenvalue weighted by Crippen LogP contribution is -2.48. The SMILES string of the molecule is C.COc1ccc(C(OCC(COP(OCCC#N)N(C(C)C)C(C)C)NC(=O)CNC(=O)[C@@H](C)c2ccc3cc(OC)ccc3c2)(c2ccccc2)c2ccc(OC)cc2)cc1. The molecule has 336 valence electrons. The van der Waals surface area contributed by atoms with Crippen LogP contribution in [0, 0.1) is 11.3 Å². The zero-order valence-corrected chi connectivity index (χ0v) is 37.8. The summed E-state index contributed by atoms with van der Waals surface area (Å²) >= 11 is 0. The number of hydrogen-bond acceptors (Lipinski definition) is 10. The van der Waals surface area contributed by atoms with Crippen LogP contribution in [0.3, 0.4) is 0 Å². The lowest BCUT2D eigenvalue weighted by atomic mass is 9.80. The van der Waals surface area contributed by atoms with Crippen molar-refractivity contribution in [1.82, 2.24) is 15.3 Å². The van der Waals surface area contributed by atoms with Crippen molar-refractivity contribution in [3.05, 3.63) is 138 Å². The average molecular weight is 879 g/mol. The molecule has 0 aromatic heterocycles. The standard InChI is InChI=1S/C49H59N4O8P.CH4/c1-34(2)53(35(3)4)62(60-28-12-27-50)61-33-43(52-47(54)31-51-48(55)36(5)37-15-16-39-30-46(58-8)22-17-38(39)29-37)32-59-49(40-13-10-9-11-14-40,41-18-23-44(56-6)24-19-41)42-20-25-45(57-7)26-21-42;/h9-11,13-26,29-30,34-36,43H,12,28,31-33H2,1-8H3,(H,51,55)(H,52,54);1H4/t36-,43?,62?;/m0./s1. The molecule has 2 N–H and O–H groups in total. The van der Waals surface area contributed by atoms with Gasteiger partial charge < -0.3 is 38.6 Å². The molecular formula is C50H63N4O8P.